The molecule has 0 radical (unpaired) electrons. The molecule has 0 saturated carbocycles. The predicted octanol–water partition coefficient (Wildman–Crippen LogP) is 4.83. The zero-order valence-corrected chi connectivity index (χ0v) is 13.5. The van der Waals surface area contributed by atoms with Crippen LogP contribution in [-0.4, -0.2) is 12.6 Å². The summed E-state index contributed by atoms with van der Waals surface area (Å²) in [6.45, 7) is 0.381. The number of anilines is 1. The molecule has 0 aliphatic carbocycles. The van der Waals surface area contributed by atoms with Crippen LogP contribution in [0.1, 0.15) is 11.1 Å². The summed E-state index contributed by atoms with van der Waals surface area (Å²) in [5, 5.41) is 5.00. The number of nitrogens with one attached hydrogen (secondary N) is 2. The number of alkyl halides is 3. The van der Waals surface area contributed by atoms with E-state index in [0.717, 1.165) is 22.2 Å². The lowest BCUT2D eigenvalue weighted by Gasteiger charge is -2.10. The monoisotopic (exact) mass is 386 g/mol. The van der Waals surface area contributed by atoms with Gasteiger partial charge in [-0.25, -0.2) is 4.79 Å². The fourth-order valence-corrected chi connectivity index (χ4v) is 2.18. The van der Waals surface area contributed by atoms with E-state index in [1.54, 1.807) is 0 Å². The highest BCUT2D eigenvalue weighted by Gasteiger charge is 2.30. The van der Waals surface area contributed by atoms with Crippen LogP contribution in [0.5, 0.6) is 0 Å². The normalized spacial score (nSPS) is 11.1. The zero-order valence-electron chi connectivity index (χ0n) is 12.0. The van der Waals surface area contributed by atoms with E-state index in [4.69, 9.17) is 0 Å². The molecule has 0 bridgehead atoms. The van der Waals surface area contributed by atoms with Gasteiger partial charge >= 0.3 is 12.2 Å². The minimum Gasteiger partial charge on any atom is -0.338 e. The number of hydrogen-bond acceptors (Lipinski definition) is 1. The Labute approximate surface area is 140 Å². The van der Waals surface area contributed by atoms with Crippen LogP contribution >= 0.6 is 15.9 Å². The van der Waals surface area contributed by atoms with Gasteiger partial charge in [0.15, 0.2) is 0 Å². The average molecular weight is 387 g/mol. The maximum atomic E-state index is 12.6. The standard InChI is InChI=1S/C16H14BrF3N2O/c17-13-6-4-11(5-7-13)8-9-21-15(23)22-14-3-1-2-12(10-14)16(18,19)20/h1-7,10H,8-9H2,(H2,21,22,23). The van der Waals surface area contributed by atoms with Crippen LogP contribution in [0.25, 0.3) is 0 Å². The molecule has 2 rings (SSSR count). The molecule has 23 heavy (non-hydrogen) atoms. The molecule has 0 spiro atoms. The van der Waals surface area contributed by atoms with Crippen molar-refractivity contribution in [2.24, 2.45) is 0 Å². The number of urea groups is 1. The number of carbonyl (C=O) groups excluding carboxylic acids is 1. The summed E-state index contributed by atoms with van der Waals surface area (Å²) >= 11 is 3.33. The molecule has 0 aromatic heterocycles. The van der Waals surface area contributed by atoms with Crippen molar-refractivity contribution in [2.45, 2.75) is 12.6 Å². The van der Waals surface area contributed by atoms with Gasteiger partial charge in [0.05, 0.1) is 5.56 Å². The highest BCUT2D eigenvalue weighted by atomic mass is 79.9. The van der Waals surface area contributed by atoms with Crippen LogP contribution in [0.15, 0.2) is 53.0 Å². The van der Waals surface area contributed by atoms with E-state index in [2.05, 4.69) is 26.6 Å². The second-order valence-corrected chi connectivity index (χ2v) is 5.75. The van der Waals surface area contributed by atoms with E-state index >= 15 is 0 Å². The Hall–Kier alpha value is -2.02. The lowest BCUT2D eigenvalue weighted by atomic mass is 10.1. The SMILES string of the molecule is O=C(NCCc1ccc(Br)cc1)Nc1cccc(C(F)(F)F)c1. The van der Waals surface area contributed by atoms with Gasteiger partial charge in [-0.05, 0) is 42.3 Å². The van der Waals surface area contributed by atoms with Gasteiger partial charge in [0, 0.05) is 16.7 Å². The minimum absolute atomic E-state index is 0.0981. The molecule has 0 aliphatic heterocycles. The maximum Gasteiger partial charge on any atom is 0.416 e. The topological polar surface area (TPSA) is 41.1 Å². The second kappa shape index (κ2) is 7.50. The van der Waals surface area contributed by atoms with Crippen molar-refractivity contribution in [2.75, 3.05) is 11.9 Å². The Morgan fingerprint density at radius 3 is 2.43 bits per heavy atom. The maximum absolute atomic E-state index is 12.6. The molecular formula is C16H14BrF3N2O. The molecule has 122 valence electrons. The van der Waals surface area contributed by atoms with Crippen molar-refractivity contribution in [1.29, 1.82) is 0 Å². The molecular weight excluding hydrogens is 373 g/mol. The second-order valence-electron chi connectivity index (χ2n) is 4.84. The largest absolute Gasteiger partial charge is 0.416 e. The quantitative estimate of drug-likeness (QED) is 0.775. The third-order valence-corrected chi connectivity index (χ3v) is 3.59. The summed E-state index contributed by atoms with van der Waals surface area (Å²) in [6, 6.07) is 11.6. The Bertz CT molecular complexity index is 672. The Balaban J connectivity index is 1.84. The van der Waals surface area contributed by atoms with Crippen molar-refractivity contribution in [3.63, 3.8) is 0 Å². The fourth-order valence-electron chi connectivity index (χ4n) is 1.92. The molecule has 0 heterocycles. The molecule has 2 amide bonds. The number of hydrogen-bond donors (Lipinski definition) is 2. The first-order valence-corrected chi connectivity index (χ1v) is 7.60. The first-order valence-electron chi connectivity index (χ1n) is 6.81. The molecule has 0 saturated heterocycles. The first kappa shape index (κ1) is 17.3. The summed E-state index contributed by atoms with van der Waals surface area (Å²) in [4.78, 5) is 11.7. The smallest absolute Gasteiger partial charge is 0.338 e. The van der Waals surface area contributed by atoms with Gasteiger partial charge in [-0.1, -0.05) is 34.1 Å². The molecule has 0 atom stereocenters. The van der Waals surface area contributed by atoms with E-state index in [9.17, 15) is 18.0 Å². The fraction of sp³-hybridized carbons (Fsp3) is 0.188. The summed E-state index contributed by atoms with van der Waals surface area (Å²) in [6.07, 6.45) is -3.81. The lowest BCUT2D eigenvalue weighted by Crippen LogP contribution is -2.30. The molecule has 0 aliphatic rings. The zero-order chi connectivity index (χ0) is 16.9. The average Bonchev–Trinajstić information content (AvgIpc) is 2.49. The first-order chi connectivity index (χ1) is 10.8. The van der Waals surface area contributed by atoms with Crippen molar-refractivity contribution >= 4 is 27.6 Å². The molecule has 0 fully saturated rings. The van der Waals surface area contributed by atoms with E-state index in [-0.39, 0.29) is 5.69 Å². The van der Waals surface area contributed by atoms with Gasteiger partial charge in [-0.2, -0.15) is 13.2 Å². The van der Waals surface area contributed by atoms with E-state index in [1.165, 1.54) is 12.1 Å². The number of amides is 2. The van der Waals surface area contributed by atoms with Crippen LogP contribution in [0.4, 0.5) is 23.7 Å². The van der Waals surface area contributed by atoms with Crippen LogP contribution in [-0.2, 0) is 12.6 Å². The van der Waals surface area contributed by atoms with Crippen molar-refractivity contribution in [3.05, 3.63) is 64.1 Å². The molecule has 2 aromatic carbocycles. The van der Waals surface area contributed by atoms with Gasteiger partial charge in [0.1, 0.15) is 0 Å². The van der Waals surface area contributed by atoms with Crippen LogP contribution in [0, 0.1) is 0 Å². The highest BCUT2D eigenvalue weighted by Crippen LogP contribution is 2.30. The number of carbonyl (C=O) groups is 1. The van der Waals surface area contributed by atoms with Crippen LogP contribution < -0.4 is 10.6 Å². The minimum atomic E-state index is -4.43. The van der Waals surface area contributed by atoms with E-state index in [0.29, 0.717) is 13.0 Å². The highest BCUT2D eigenvalue weighted by molar-refractivity contribution is 9.10. The number of benzene rings is 2. The van der Waals surface area contributed by atoms with Gasteiger partial charge in [-0.3, -0.25) is 0 Å². The number of halogens is 4. The predicted molar refractivity (Wildman–Crippen MR) is 86.3 cm³/mol. The Morgan fingerprint density at radius 2 is 1.78 bits per heavy atom. The van der Waals surface area contributed by atoms with Crippen LogP contribution in [0.2, 0.25) is 0 Å². The molecule has 0 unspecified atom stereocenters. The summed E-state index contributed by atoms with van der Waals surface area (Å²) in [5.74, 6) is 0. The summed E-state index contributed by atoms with van der Waals surface area (Å²) in [7, 11) is 0. The molecule has 2 aromatic rings. The summed E-state index contributed by atoms with van der Waals surface area (Å²) in [5.41, 5.74) is 0.346. The van der Waals surface area contributed by atoms with E-state index in [1.807, 2.05) is 24.3 Å². The van der Waals surface area contributed by atoms with Crippen molar-refractivity contribution in [1.82, 2.24) is 5.32 Å². The van der Waals surface area contributed by atoms with Gasteiger partial charge in [0.2, 0.25) is 0 Å². The molecule has 7 heteroatoms. The third-order valence-electron chi connectivity index (χ3n) is 3.06. The molecule has 2 N–H and O–H groups in total. The Kier molecular flexibility index (Phi) is 5.65. The van der Waals surface area contributed by atoms with Crippen LogP contribution in [0.3, 0.4) is 0 Å². The lowest BCUT2D eigenvalue weighted by molar-refractivity contribution is -0.137. The Morgan fingerprint density at radius 1 is 1.09 bits per heavy atom. The van der Waals surface area contributed by atoms with Crippen molar-refractivity contribution in [3.8, 4) is 0 Å². The van der Waals surface area contributed by atoms with E-state index < -0.39 is 17.8 Å². The van der Waals surface area contributed by atoms with Gasteiger partial charge < -0.3 is 10.6 Å². The van der Waals surface area contributed by atoms with Crippen molar-refractivity contribution < 1.29 is 18.0 Å². The molecule has 3 nitrogen and oxygen atoms in total. The number of rotatable bonds is 4. The third kappa shape index (κ3) is 5.59. The summed E-state index contributed by atoms with van der Waals surface area (Å²) < 4.78 is 38.7. The van der Waals surface area contributed by atoms with Gasteiger partial charge in [0.25, 0.3) is 0 Å². The van der Waals surface area contributed by atoms with Gasteiger partial charge in [-0.15, -0.1) is 0 Å².